The lowest BCUT2D eigenvalue weighted by Crippen LogP contribution is -2.51. The molecule has 0 aliphatic heterocycles. The number of benzene rings is 1. The second-order valence-corrected chi connectivity index (χ2v) is 6.50. The van der Waals surface area contributed by atoms with Gasteiger partial charge in [-0.3, -0.25) is 20.4 Å². The van der Waals surface area contributed by atoms with E-state index >= 15 is 0 Å². The zero-order valence-corrected chi connectivity index (χ0v) is 15.6. The molecule has 27 heavy (non-hydrogen) atoms. The molecule has 0 aliphatic carbocycles. The third-order valence-electron chi connectivity index (χ3n) is 3.06. The zero-order chi connectivity index (χ0) is 20.8. The minimum absolute atomic E-state index is 0.0321. The van der Waals surface area contributed by atoms with E-state index in [0.29, 0.717) is 0 Å². The van der Waals surface area contributed by atoms with E-state index in [1.54, 1.807) is 20.8 Å². The fourth-order valence-corrected chi connectivity index (χ4v) is 1.79. The molecule has 1 aromatic rings. The number of methoxy groups -OCH3 is 1. The van der Waals surface area contributed by atoms with E-state index in [-0.39, 0.29) is 5.56 Å². The second-order valence-electron chi connectivity index (χ2n) is 6.50. The molecular weight excluding hydrogens is 361 g/mol. The van der Waals surface area contributed by atoms with Gasteiger partial charge < -0.3 is 14.8 Å². The minimum Gasteiger partial charge on any atom is -0.465 e. The number of halogens is 1. The summed E-state index contributed by atoms with van der Waals surface area (Å²) >= 11 is 0. The van der Waals surface area contributed by atoms with Gasteiger partial charge in [0, 0.05) is 0 Å². The lowest BCUT2D eigenvalue weighted by molar-refractivity contribution is -0.123. The van der Waals surface area contributed by atoms with Gasteiger partial charge in [-0.25, -0.2) is 14.0 Å². The standard InChI is InChI=1S/C17H22FN3O6/c1-9(19-16(25)27-17(2,3)4)13(22)20-21-14(23)11-8-10(15(24)26-5)6-7-12(11)18/h6-9H,1-5H3,(H,19,25)(H,20,22)(H,21,23). The van der Waals surface area contributed by atoms with Gasteiger partial charge >= 0.3 is 12.1 Å². The topological polar surface area (TPSA) is 123 Å². The van der Waals surface area contributed by atoms with Gasteiger partial charge in [-0.1, -0.05) is 0 Å². The van der Waals surface area contributed by atoms with Crippen LogP contribution in [0.4, 0.5) is 9.18 Å². The maximum atomic E-state index is 13.8. The van der Waals surface area contributed by atoms with Gasteiger partial charge in [0.15, 0.2) is 0 Å². The molecule has 0 saturated heterocycles. The first-order chi connectivity index (χ1) is 12.4. The molecule has 3 amide bonds. The Morgan fingerprint density at radius 1 is 1.11 bits per heavy atom. The number of hydrogen-bond acceptors (Lipinski definition) is 6. The van der Waals surface area contributed by atoms with E-state index in [2.05, 4.69) is 10.1 Å². The van der Waals surface area contributed by atoms with E-state index in [9.17, 15) is 23.6 Å². The van der Waals surface area contributed by atoms with Crippen LogP contribution in [0, 0.1) is 5.82 Å². The van der Waals surface area contributed by atoms with Crippen LogP contribution in [0.25, 0.3) is 0 Å². The molecule has 0 radical (unpaired) electrons. The summed E-state index contributed by atoms with van der Waals surface area (Å²) in [6.45, 7) is 6.35. The Hall–Kier alpha value is -3.17. The highest BCUT2D eigenvalue weighted by Crippen LogP contribution is 2.11. The van der Waals surface area contributed by atoms with E-state index < -0.39 is 46.9 Å². The molecule has 1 rings (SSSR count). The van der Waals surface area contributed by atoms with Crippen molar-refractivity contribution in [2.45, 2.75) is 39.3 Å². The molecule has 10 heteroatoms. The number of hydrogen-bond donors (Lipinski definition) is 3. The first-order valence-corrected chi connectivity index (χ1v) is 7.92. The quantitative estimate of drug-likeness (QED) is 0.532. The minimum atomic E-state index is -1.04. The monoisotopic (exact) mass is 383 g/mol. The van der Waals surface area contributed by atoms with E-state index in [1.165, 1.54) is 6.92 Å². The van der Waals surface area contributed by atoms with Crippen LogP contribution < -0.4 is 16.2 Å². The molecular formula is C17H22FN3O6. The summed E-state index contributed by atoms with van der Waals surface area (Å²) in [7, 11) is 1.14. The molecule has 0 heterocycles. The van der Waals surface area contributed by atoms with Crippen molar-refractivity contribution < 1.29 is 33.0 Å². The smallest absolute Gasteiger partial charge is 0.408 e. The summed E-state index contributed by atoms with van der Waals surface area (Å²) in [5.41, 5.74) is 2.81. The molecule has 0 spiro atoms. The Morgan fingerprint density at radius 2 is 1.74 bits per heavy atom. The first kappa shape index (κ1) is 21.9. The van der Waals surface area contributed by atoms with Crippen LogP contribution >= 0.6 is 0 Å². The number of amides is 3. The number of esters is 1. The number of alkyl carbamates (subject to hydrolysis) is 1. The summed E-state index contributed by atoms with van der Waals surface area (Å²) in [5.74, 6) is -3.40. The van der Waals surface area contributed by atoms with E-state index in [1.807, 2.05) is 10.9 Å². The average Bonchev–Trinajstić information content (AvgIpc) is 2.57. The molecule has 1 unspecified atom stereocenters. The van der Waals surface area contributed by atoms with Crippen molar-refractivity contribution >= 4 is 23.9 Å². The molecule has 0 saturated carbocycles. The Balaban J connectivity index is 2.67. The van der Waals surface area contributed by atoms with Crippen molar-refractivity contribution in [3.05, 3.63) is 35.1 Å². The van der Waals surface area contributed by atoms with Crippen molar-refractivity contribution in [3.8, 4) is 0 Å². The molecule has 148 valence electrons. The Bertz CT molecular complexity index is 745. The normalized spacial score (nSPS) is 11.8. The number of carbonyl (C=O) groups excluding carboxylic acids is 4. The molecule has 0 bridgehead atoms. The van der Waals surface area contributed by atoms with Crippen LogP contribution in [0.15, 0.2) is 18.2 Å². The first-order valence-electron chi connectivity index (χ1n) is 7.92. The van der Waals surface area contributed by atoms with Crippen LogP contribution in [0.2, 0.25) is 0 Å². The third kappa shape index (κ3) is 6.92. The predicted octanol–water partition coefficient (Wildman–Crippen LogP) is 1.29. The predicted molar refractivity (Wildman–Crippen MR) is 92.2 cm³/mol. The molecule has 3 N–H and O–H groups in total. The molecule has 0 fully saturated rings. The number of hydrazine groups is 1. The fourth-order valence-electron chi connectivity index (χ4n) is 1.79. The molecule has 0 aliphatic rings. The van der Waals surface area contributed by atoms with Crippen molar-refractivity contribution in [3.63, 3.8) is 0 Å². The number of rotatable bonds is 4. The summed E-state index contributed by atoms with van der Waals surface area (Å²) in [4.78, 5) is 47.0. The Morgan fingerprint density at radius 3 is 2.30 bits per heavy atom. The van der Waals surface area contributed by atoms with Gasteiger partial charge in [-0.15, -0.1) is 0 Å². The highest BCUT2D eigenvalue weighted by Gasteiger charge is 2.22. The van der Waals surface area contributed by atoms with Crippen LogP contribution in [0.1, 0.15) is 48.4 Å². The van der Waals surface area contributed by atoms with E-state index in [0.717, 1.165) is 25.3 Å². The van der Waals surface area contributed by atoms with Gasteiger partial charge in [-0.05, 0) is 45.9 Å². The summed E-state index contributed by atoms with van der Waals surface area (Å²) in [6.07, 6.45) is -0.812. The van der Waals surface area contributed by atoms with Crippen molar-refractivity contribution in [2.24, 2.45) is 0 Å². The van der Waals surface area contributed by atoms with Gasteiger partial charge in [-0.2, -0.15) is 0 Å². The third-order valence-corrected chi connectivity index (χ3v) is 3.06. The zero-order valence-electron chi connectivity index (χ0n) is 15.6. The molecule has 9 nitrogen and oxygen atoms in total. The van der Waals surface area contributed by atoms with Crippen LogP contribution in [-0.4, -0.2) is 42.6 Å². The fraction of sp³-hybridized carbons (Fsp3) is 0.412. The SMILES string of the molecule is COC(=O)c1ccc(F)c(C(=O)NNC(=O)C(C)NC(=O)OC(C)(C)C)c1. The van der Waals surface area contributed by atoms with Gasteiger partial charge in [0.1, 0.15) is 17.5 Å². The average molecular weight is 383 g/mol. The van der Waals surface area contributed by atoms with Crippen molar-refractivity contribution in [1.29, 1.82) is 0 Å². The van der Waals surface area contributed by atoms with Gasteiger partial charge in [0.2, 0.25) is 0 Å². The molecule has 0 aromatic heterocycles. The number of ether oxygens (including phenoxy) is 2. The largest absolute Gasteiger partial charge is 0.465 e. The van der Waals surface area contributed by atoms with Crippen LogP contribution in [-0.2, 0) is 14.3 Å². The second kappa shape index (κ2) is 8.97. The lowest BCUT2D eigenvalue weighted by atomic mass is 10.1. The maximum Gasteiger partial charge on any atom is 0.408 e. The summed E-state index contributed by atoms with van der Waals surface area (Å²) in [5, 5.41) is 2.28. The van der Waals surface area contributed by atoms with Crippen LogP contribution in [0.3, 0.4) is 0 Å². The molecule has 1 aromatic carbocycles. The van der Waals surface area contributed by atoms with Crippen molar-refractivity contribution in [1.82, 2.24) is 16.2 Å². The maximum absolute atomic E-state index is 13.8. The summed E-state index contributed by atoms with van der Waals surface area (Å²) in [6, 6.07) is 2.04. The number of nitrogens with one attached hydrogen (secondary N) is 3. The Kier molecular flexibility index (Phi) is 7.26. The van der Waals surface area contributed by atoms with Gasteiger partial charge in [0.05, 0.1) is 18.2 Å². The molecule has 1 atom stereocenters. The van der Waals surface area contributed by atoms with Crippen molar-refractivity contribution in [2.75, 3.05) is 7.11 Å². The lowest BCUT2D eigenvalue weighted by Gasteiger charge is -2.21. The van der Waals surface area contributed by atoms with Crippen LogP contribution in [0.5, 0.6) is 0 Å². The summed E-state index contributed by atoms with van der Waals surface area (Å²) < 4.78 is 23.3. The highest BCUT2D eigenvalue weighted by molar-refractivity contribution is 5.99. The highest BCUT2D eigenvalue weighted by atomic mass is 19.1. The van der Waals surface area contributed by atoms with E-state index in [4.69, 9.17) is 4.74 Å². The van der Waals surface area contributed by atoms with Gasteiger partial charge in [0.25, 0.3) is 11.8 Å². The number of carbonyl (C=O) groups is 4. The Labute approximate surface area is 155 Å².